The highest BCUT2D eigenvalue weighted by Crippen LogP contribution is 2.31. The molecule has 2 aliphatic rings. The van der Waals surface area contributed by atoms with E-state index in [0.717, 1.165) is 18.4 Å². The molecule has 88 valence electrons. The zero-order valence-corrected chi connectivity index (χ0v) is 10.2. The van der Waals surface area contributed by atoms with E-state index >= 15 is 0 Å². The van der Waals surface area contributed by atoms with E-state index < -0.39 is 0 Å². The summed E-state index contributed by atoms with van der Waals surface area (Å²) in [6.45, 7) is 6.98. The van der Waals surface area contributed by atoms with Crippen LogP contribution in [0.5, 0.6) is 0 Å². The molecule has 1 heterocycles. The third-order valence-corrected chi connectivity index (χ3v) is 3.77. The smallest absolute Gasteiger partial charge is 0.0703 e. The van der Waals surface area contributed by atoms with Crippen LogP contribution >= 0.6 is 0 Å². The van der Waals surface area contributed by atoms with Crippen molar-refractivity contribution in [2.45, 2.75) is 58.2 Å². The van der Waals surface area contributed by atoms with E-state index in [1.807, 2.05) is 0 Å². The Kier molecular flexibility index (Phi) is 4.04. The highest BCUT2D eigenvalue weighted by Gasteiger charge is 2.27. The molecule has 0 aromatic rings. The van der Waals surface area contributed by atoms with Crippen LogP contribution in [0.3, 0.4) is 0 Å². The third kappa shape index (κ3) is 3.46. The molecule has 0 aromatic heterocycles. The van der Waals surface area contributed by atoms with Gasteiger partial charge in [0.15, 0.2) is 0 Å². The summed E-state index contributed by atoms with van der Waals surface area (Å²) in [5, 5.41) is 3.42. The second-order valence-electron chi connectivity index (χ2n) is 5.64. The van der Waals surface area contributed by atoms with Crippen LogP contribution in [0.15, 0.2) is 0 Å². The minimum absolute atomic E-state index is 0.487. The average molecular weight is 211 g/mol. The van der Waals surface area contributed by atoms with Crippen molar-refractivity contribution in [3.63, 3.8) is 0 Å². The molecule has 2 heteroatoms. The molecule has 0 radical (unpaired) electrons. The molecule has 0 spiro atoms. The minimum Gasteiger partial charge on any atom is -0.374 e. The van der Waals surface area contributed by atoms with Crippen molar-refractivity contribution < 1.29 is 4.74 Å². The normalized spacial score (nSPS) is 42.8. The fraction of sp³-hybridized carbons (Fsp3) is 1.00. The maximum atomic E-state index is 6.21. The first-order chi connectivity index (χ1) is 7.24. The van der Waals surface area contributed by atoms with Crippen LogP contribution in [-0.2, 0) is 4.74 Å². The Morgan fingerprint density at radius 3 is 2.33 bits per heavy atom. The molecule has 3 unspecified atom stereocenters. The van der Waals surface area contributed by atoms with Gasteiger partial charge in [0.1, 0.15) is 0 Å². The average Bonchev–Trinajstić information content (AvgIpc) is 2.17. The minimum atomic E-state index is 0.487. The summed E-state index contributed by atoms with van der Waals surface area (Å²) in [6, 6.07) is 0. The molecule has 0 aromatic carbocycles. The summed E-state index contributed by atoms with van der Waals surface area (Å²) in [4.78, 5) is 0. The molecule has 0 bridgehead atoms. The molecular formula is C13H25NO. The number of piperidine rings is 1. The van der Waals surface area contributed by atoms with Crippen LogP contribution < -0.4 is 5.32 Å². The van der Waals surface area contributed by atoms with Gasteiger partial charge in [0, 0.05) is 6.54 Å². The van der Waals surface area contributed by atoms with Crippen molar-refractivity contribution in [3.8, 4) is 0 Å². The van der Waals surface area contributed by atoms with Crippen LogP contribution in [0.1, 0.15) is 46.0 Å². The fourth-order valence-electron chi connectivity index (χ4n) is 3.19. The van der Waals surface area contributed by atoms with E-state index in [2.05, 4.69) is 19.2 Å². The van der Waals surface area contributed by atoms with E-state index in [-0.39, 0.29) is 0 Å². The second kappa shape index (κ2) is 5.31. The van der Waals surface area contributed by atoms with Crippen LogP contribution in [0.25, 0.3) is 0 Å². The Morgan fingerprint density at radius 2 is 1.73 bits per heavy atom. The lowest BCUT2D eigenvalue weighted by molar-refractivity contribution is -0.0562. The predicted octanol–water partition coefficient (Wildman–Crippen LogP) is 2.58. The largest absolute Gasteiger partial charge is 0.374 e. The van der Waals surface area contributed by atoms with Crippen molar-refractivity contribution >= 4 is 0 Å². The maximum absolute atomic E-state index is 6.21. The molecule has 1 aliphatic carbocycles. The number of nitrogens with one attached hydrogen (secondary N) is 1. The first-order valence-electron chi connectivity index (χ1n) is 6.60. The van der Waals surface area contributed by atoms with Crippen LogP contribution in [0.2, 0.25) is 0 Å². The standard InChI is InChI=1S/C13H25NO/c1-10-6-11(2)8-13(7-10)15-12-4-3-5-14-9-12/h10-14H,3-9H2,1-2H3. The second-order valence-corrected chi connectivity index (χ2v) is 5.64. The topological polar surface area (TPSA) is 21.3 Å². The van der Waals surface area contributed by atoms with Gasteiger partial charge in [-0.3, -0.25) is 0 Å². The van der Waals surface area contributed by atoms with E-state index in [9.17, 15) is 0 Å². The van der Waals surface area contributed by atoms with Gasteiger partial charge in [-0.2, -0.15) is 0 Å². The van der Waals surface area contributed by atoms with E-state index in [0.29, 0.717) is 12.2 Å². The van der Waals surface area contributed by atoms with Gasteiger partial charge in [0.2, 0.25) is 0 Å². The first kappa shape index (κ1) is 11.4. The number of rotatable bonds is 2. The first-order valence-corrected chi connectivity index (χ1v) is 6.60. The van der Waals surface area contributed by atoms with Crippen LogP contribution in [0.4, 0.5) is 0 Å². The Hall–Kier alpha value is -0.0800. The van der Waals surface area contributed by atoms with Gasteiger partial charge in [0.05, 0.1) is 12.2 Å². The van der Waals surface area contributed by atoms with Crippen LogP contribution in [0, 0.1) is 11.8 Å². The summed E-state index contributed by atoms with van der Waals surface area (Å²) in [5.41, 5.74) is 0. The molecule has 15 heavy (non-hydrogen) atoms. The van der Waals surface area contributed by atoms with E-state index in [1.165, 1.54) is 38.6 Å². The van der Waals surface area contributed by atoms with Gasteiger partial charge in [-0.15, -0.1) is 0 Å². The van der Waals surface area contributed by atoms with Crippen molar-refractivity contribution in [1.29, 1.82) is 0 Å². The highest BCUT2D eigenvalue weighted by atomic mass is 16.5. The molecule has 2 nitrogen and oxygen atoms in total. The number of hydrogen-bond donors (Lipinski definition) is 1. The Balaban J connectivity index is 1.77. The quantitative estimate of drug-likeness (QED) is 0.758. The monoisotopic (exact) mass is 211 g/mol. The van der Waals surface area contributed by atoms with Gasteiger partial charge in [-0.05, 0) is 50.5 Å². The van der Waals surface area contributed by atoms with Gasteiger partial charge in [-0.25, -0.2) is 0 Å². The SMILES string of the molecule is CC1CC(C)CC(OC2CCCNC2)C1. The molecule has 0 amide bonds. The lowest BCUT2D eigenvalue weighted by atomic mass is 9.81. The van der Waals surface area contributed by atoms with Crippen molar-refractivity contribution in [3.05, 3.63) is 0 Å². The van der Waals surface area contributed by atoms with Crippen molar-refractivity contribution in [2.24, 2.45) is 11.8 Å². The van der Waals surface area contributed by atoms with Gasteiger partial charge < -0.3 is 10.1 Å². The summed E-state index contributed by atoms with van der Waals surface area (Å²) < 4.78 is 6.21. The molecule has 3 atom stereocenters. The molecular weight excluding hydrogens is 186 g/mol. The number of ether oxygens (including phenoxy) is 1. The summed E-state index contributed by atoms with van der Waals surface area (Å²) in [6.07, 6.45) is 7.51. The maximum Gasteiger partial charge on any atom is 0.0703 e. The van der Waals surface area contributed by atoms with Crippen molar-refractivity contribution in [2.75, 3.05) is 13.1 Å². The predicted molar refractivity (Wildman–Crippen MR) is 62.9 cm³/mol. The van der Waals surface area contributed by atoms with E-state index in [1.54, 1.807) is 0 Å². The molecule has 1 saturated carbocycles. The van der Waals surface area contributed by atoms with Crippen LogP contribution in [-0.4, -0.2) is 25.3 Å². The van der Waals surface area contributed by atoms with E-state index in [4.69, 9.17) is 4.74 Å². The lowest BCUT2D eigenvalue weighted by Crippen LogP contribution is -2.39. The summed E-state index contributed by atoms with van der Waals surface area (Å²) >= 11 is 0. The summed E-state index contributed by atoms with van der Waals surface area (Å²) in [7, 11) is 0. The van der Waals surface area contributed by atoms with Gasteiger partial charge >= 0.3 is 0 Å². The summed E-state index contributed by atoms with van der Waals surface area (Å²) in [5.74, 6) is 1.71. The number of hydrogen-bond acceptors (Lipinski definition) is 2. The molecule has 1 aliphatic heterocycles. The lowest BCUT2D eigenvalue weighted by Gasteiger charge is -2.35. The Bertz CT molecular complexity index is 179. The third-order valence-electron chi connectivity index (χ3n) is 3.77. The van der Waals surface area contributed by atoms with Crippen molar-refractivity contribution in [1.82, 2.24) is 5.32 Å². The molecule has 1 N–H and O–H groups in total. The molecule has 1 saturated heterocycles. The molecule has 2 fully saturated rings. The Morgan fingerprint density at radius 1 is 1.00 bits per heavy atom. The zero-order chi connectivity index (χ0) is 10.7. The Labute approximate surface area is 93.8 Å². The van der Waals surface area contributed by atoms with Gasteiger partial charge in [-0.1, -0.05) is 13.8 Å². The van der Waals surface area contributed by atoms with Gasteiger partial charge in [0.25, 0.3) is 0 Å². The zero-order valence-electron chi connectivity index (χ0n) is 10.2. The highest BCUT2D eigenvalue weighted by molar-refractivity contribution is 4.78. The fourth-order valence-corrected chi connectivity index (χ4v) is 3.19. The molecule has 2 rings (SSSR count).